The van der Waals surface area contributed by atoms with Gasteiger partial charge in [-0.3, -0.25) is 0 Å². The van der Waals surface area contributed by atoms with E-state index in [1.165, 1.54) is 0 Å². The number of unbranched alkanes of at least 4 members (excludes halogenated alkanes) is 4. The Morgan fingerprint density at radius 1 is 0.786 bits per heavy atom. The first kappa shape index (κ1) is 24.7. The summed E-state index contributed by atoms with van der Waals surface area (Å²) >= 11 is 0. The third-order valence-corrected chi connectivity index (χ3v) is 4.83. The van der Waals surface area contributed by atoms with Crippen LogP contribution in [0.4, 0.5) is 30.7 Å². The van der Waals surface area contributed by atoms with Gasteiger partial charge in [0.05, 0.1) is 5.60 Å². The van der Waals surface area contributed by atoms with Gasteiger partial charge in [-0.25, -0.2) is 0 Å². The van der Waals surface area contributed by atoms with Crippen molar-refractivity contribution < 1.29 is 35.8 Å². The number of aryl methyl sites for hydroxylation is 1. The Balaban J connectivity index is 2.91. The number of alkyl halides is 7. The van der Waals surface area contributed by atoms with Crippen LogP contribution in [0, 0.1) is 0 Å². The first-order valence-corrected chi connectivity index (χ1v) is 9.43. The Bertz CT molecular complexity index is 572. The van der Waals surface area contributed by atoms with Crippen molar-refractivity contribution in [3.05, 3.63) is 35.9 Å². The third kappa shape index (κ3) is 6.94. The zero-order chi connectivity index (χ0) is 21.5. The molecule has 8 heteroatoms. The minimum atomic E-state index is -6.39. The topological polar surface area (TPSA) is 20.2 Å². The quantitative estimate of drug-likeness (QED) is 0.289. The van der Waals surface area contributed by atoms with Crippen molar-refractivity contribution in [3.63, 3.8) is 0 Å². The van der Waals surface area contributed by atoms with Crippen molar-refractivity contribution in [2.75, 3.05) is 0 Å². The van der Waals surface area contributed by atoms with Crippen LogP contribution < -0.4 is 0 Å². The van der Waals surface area contributed by atoms with Crippen molar-refractivity contribution in [2.24, 2.45) is 0 Å². The SMILES string of the molecule is CCCCCCCC(O)(CCc1ccccc1)CC(F)(F)C(F)(F)C(F)(F)F. The zero-order valence-corrected chi connectivity index (χ0v) is 15.8. The van der Waals surface area contributed by atoms with E-state index in [0.717, 1.165) is 19.3 Å². The molecule has 1 rings (SSSR count). The summed E-state index contributed by atoms with van der Waals surface area (Å²) in [5.74, 6) is -11.6. The van der Waals surface area contributed by atoms with Crippen LogP contribution in [0.2, 0.25) is 0 Å². The molecule has 0 spiro atoms. The smallest absolute Gasteiger partial charge is 0.390 e. The van der Waals surface area contributed by atoms with Crippen LogP contribution in [0.3, 0.4) is 0 Å². The molecule has 1 aromatic rings. The average molecular weight is 416 g/mol. The second kappa shape index (κ2) is 9.94. The molecule has 0 aliphatic carbocycles. The molecule has 162 valence electrons. The highest BCUT2D eigenvalue weighted by atomic mass is 19.4. The molecule has 0 radical (unpaired) electrons. The highest BCUT2D eigenvalue weighted by Gasteiger charge is 2.73. The van der Waals surface area contributed by atoms with Gasteiger partial charge in [0.15, 0.2) is 0 Å². The van der Waals surface area contributed by atoms with Crippen LogP contribution in [0.5, 0.6) is 0 Å². The van der Waals surface area contributed by atoms with Crippen LogP contribution in [0.25, 0.3) is 0 Å². The summed E-state index contributed by atoms with van der Waals surface area (Å²) in [6.07, 6.45) is -5.35. The predicted molar refractivity (Wildman–Crippen MR) is 93.7 cm³/mol. The number of aliphatic hydroxyl groups is 1. The van der Waals surface area contributed by atoms with Crippen LogP contribution in [0.15, 0.2) is 30.3 Å². The molecule has 1 atom stereocenters. The van der Waals surface area contributed by atoms with Crippen molar-refractivity contribution in [1.29, 1.82) is 0 Å². The molecule has 0 aliphatic rings. The minimum Gasteiger partial charge on any atom is -0.390 e. The highest BCUT2D eigenvalue weighted by Crippen LogP contribution is 2.50. The second-order valence-corrected chi connectivity index (χ2v) is 7.33. The maximum absolute atomic E-state index is 13.9. The van der Waals surface area contributed by atoms with E-state index in [-0.39, 0.29) is 25.7 Å². The van der Waals surface area contributed by atoms with E-state index in [2.05, 4.69) is 0 Å². The lowest BCUT2D eigenvalue weighted by Crippen LogP contribution is -2.55. The lowest BCUT2D eigenvalue weighted by Gasteiger charge is -2.36. The van der Waals surface area contributed by atoms with Crippen molar-refractivity contribution in [2.45, 2.75) is 88.3 Å². The fourth-order valence-corrected chi connectivity index (χ4v) is 3.11. The van der Waals surface area contributed by atoms with Gasteiger partial charge >= 0.3 is 18.0 Å². The van der Waals surface area contributed by atoms with E-state index in [0.29, 0.717) is 12.0 Å². The van der Waals surface area contributed by atoms with Crippen molar-refractivity contribution in [3.8, 4) is 0 Å². The van der Waals surface area contributed by atoms with Gasteiger partial charge in [0.1, 0.15) is 0 Å². The molecular weight excluding hydrogens is 389 g/mol. The fraction of sp³-hybridized carbons (Fsp3) is 0.700. The summed E-state index contributed by atoms with van der Waals surface area (Å²) in [5.41, 5.74) is -1.64. The monoisotopic (exact) mass is 416 g/mol. The molecule has 0 aliphatic heterocycles. The minimum absolute atomic E-state index is 0.0972. The third-order valence-electron chi connectivity index (χ3n) is 4.83. The van der Waals surface area contributed by atoms with Gasteiger partial charge in [-0.2, -0.15) is 30.7 Å². The van der Waals surface area contributed by atoms with Crippen LogP contribution in [-0.4, -0.2) is 28.7 Å². The van der Waals surface area contributed by atoms with Gasteiger partial charge in [-0.05, 0) is 24.8 Å². The molecule has 0 amide bonds. The summed E-state index contributed by atoms with van der Waals surface area (Å²) in [4.78, 5) is 0. The van der Waals surface area contributed by atoms with Gasteiger partial charge in [-0.1, -0.05) is 69.4 Å². The first-order chi connectivity index (χ1) is 12.8. The summed E-state index contributed by atoms with van der Waals surface area (Å²) in [7, 11) is 0. The maximum atomic E-state index is 13.9. The van der Waals surface area contributed by atoms with Gasteiger partial charge < -0.3 is 5.11 Å². The molecule has 1 N–H and O–H groups in total. The molecule has 1 unspecified atom stereocenters. The van der Waals surface area contributed by atoms with Gasteiger partial charge in [-0.15, -0.1) is 0 Å². The number of hydrogen-bond acceptors (Lipinski definition) is 1. The number of hydrogen-bond donors (Lipinski definition) is 1. The normalized spacial score (nSPS) is 15.5. The summed E-state index contributed by atoms with van der Waals surface area (Å²) in [6, 6.07) is 8.44. The summed E-state index contributed by atoms with van der Waals surface area (Å²) in [6.45, 7) is 1.97. The largest absolute Gasteiger partial charge is 0.459 e. The van der Waals surface area contributed by atoms with Crippen molar-refractivity contribution in [1.82, 2.24) is 0 Å². The van der Waals surface area contributed by atoms with Gasteiger partial charge in [0.25, 0.3) is 0 Å². The Morgan fingerprint density at radius 3 is 1.89 bits per heavy atom. The summed E-state index contributed by atoms with van der Waals surface area (Å²) in [5, 5.41) is 10.6. The van der Waals surface area contributed by atoms with Gasteiger partial charge in [0.2, 0.25) is 0 Å². The van der Waals surface area contributed by atoms with E-state index < -0.39 is 30.0 Å². The predicted octanol–water partition coefficient (Wildman–Crippen LogP) is 6.93. The molecule has 1 nitrogen and oxygen atoms in total. The molecular formula is C20H27F7O. The van der Waals surface area contributed by atoms with Crippen LogP contribution >= 0.6 is 0 Å². The standard InChI is InChI=1S/C20H27F7O/c1-2-3-4-5-9-13-17(28,14-12-16-10-7-6-8-11-16)15-18(21,22)19(23,24)20(25,26)27/h6-8,10-11,28H,2-5,9,12-15H2,1H3. The number of benzene rings is 1. The fourth-order valence-electron chi connectivity index (χ4n) is 3.11. The van der Waals surface area contributed by atoms with E-state index in [9.17, 15) is 35.8 Å². The number of halogens is 7. The maximum Gasteiger partial charge on any atom is 0.459 e. The molecule has 0 aromatic heterocycles. The Hall–Kier alpha value is -1.31. The molecule has 0 heterocycles. The van der Waals surface area contributed by atoms with Crippen molar-refractivity contribution >= 4 is 0 Å². The Kier molecular flexibility index (Phi) is 8.78. The number of rotatable bonds is 12. The van der Waals surface area contributed by atoms with E-state index in [4.69, 9.17) is 0 Å². The molecule has 0 saturated carbocycles. The van der Waals surface area contributed by atoms with Crippen LogP contribution in [-0.2, 0) is 6.42 Å². The molecule has 28 heavy (non-hydrogen) atoms. The van der Waals surface area contributed by atoms with E-state index >= 15 is 0 Å². The molecule has 1 aromatic carbocycles. The second-order valence-electron chi connectivity index (χ2n) is 7.33. The first-order valence-electron chi connectivity index (χ1n) is 9.43. The van der Waals surface area contributed by atoms with E-state index in [1.54, 1.807) is 30.3 Å². The molecule has 0 fully saturated rings. The highest BCUT2D eigenvalue weighted by molar-refractivity contribution is 5.15. The summed E-state index contributed by atoms with van der Waals surface area (Å²) < 4.78 is 91.8. The molecule has 0 bridgehead atoms. The zero-order valence-electron chi connectivity index (χ0n) is 15.8. The average Bonchev–Trinajstić information content (AvgIpc) is 2.59. The Morgan fingerprint density at radius 2 is 1.36 bits per heavy atom. The lowest BCUT2D eigenvalue weighted by molar-refractivity contribution is -0.361. The van der Waals surface area contributed by atoms with Gasteiger partial charge in [0, 0.05) is 6.42 Å². The van der Waals surface area contributed by atoms with Crippen LogP contribution in [0.1, 0.15) is 63.9 Å². The van der Waals surface area contributed by atoms with E-state index in [1.807, 2.05) is 6.92 Å². The Labute approximate surface area is 160 Å². The molecule has 0 saturated heterocycles. The lowest BCUT2D eigenvalue weighted by atomic mass is 9.83.